The van der Waals surface area contributed by atoms with Crippen LogP contribution in [0, 0.1) is 41.5 Å². The molecule has 0 saturated heterocycles. The maximum absolute atomic E-state index is 14.0. The Balaban J connectivity index is 0.000000176. The van der Waals surface area contributed by atoms with Crippen molar-refractivity contribution in [3.8, 4) is 0 Å². The summed E-state index contributed by atoms with van der Waals surface area (Å²) in [5.74, 6) is -1.78. The van der Waals surface area contributed by atoms with Crippen molar-refractivity contribution in [3.63, 3.8) is 0 Å². The van der Waals surface area contributed by atoms with Gasteiger partial charge in [-0.05, 0) is 117 Å². The van der Waals surface area contributed by atoms with Crippen LogP contribution < -0.4 is 42.4 Å². The molecule has 11 rings (SSSR count). The van der Waals surface area contributed by atoms with Crippen molar-refractivity contribution in [2.24, 2.45) is 0 Å². The zero-order valence-corrected chi connectivity index (χ0v) is 53.5. The molecule has 6 amide bonds. The molecular formula is C69H72ClN9O10S2. The van der Waals surface area contributed by atoms with Gasteiger partial charge in [-0.2, -0.15) is 0 Å². The number of carbonyl (C=O) groups excluding carboxylic acids is 6. The summed E-state index contributed by atoms with van der Waals surface area (Å²) in [6.45, 7) is 11.9. The van der Waals surface area contributed by atoms with Gasteiger partial charge in [-0.25, -0.2) is 16.8 Å². The number of fused-ring (bicyclic) bond motifs is 2. The number of sulfonamides is 1. The SMILES string of the molecule is Cc1cc(C)c(S(=O)(=O)Cl)c(C)c1.Cc1cc(C)c(S(=O)(=O)N2c3ccccc3NC(=O)C2CC(=O)NCc2ccccc2)c(C)c1.Nc1ccccc1N.O=C(CC1Nc2ccccc2NC1=O)NCc1ccccc1.O=C1C=CC(=O)N1Cc1ccccc1. The summed E-state index contributed by atoms with van der Waals surface area (Å²) in [6, 6.07) is 55.3. The first-order valence-corrected chi connectivity index (χ1v) is 32.6. The van der Waals surface area contributed by atoms with E-state index >= 15 is 0 Å². The lowest BCUT2D eigenvalue weighted by Crippen LogP contribution is -2.53. The molecule has 8 aromatic carbocycles. The highest BCUT2D eigenvalue weighted by atomic mass is 35.7. The van der Waals surface area contributed by atoms with E-state index in [9.17, 15) is 45.6 Å². The standard InChI is InChI=1S/C26H27N3O4S.C17H17N3O2.C11H9NO2.C9H11ClO2S.C6H8N2/c1-17-13-18(2)25(19(3)14-17)34(32,33)29-22-12-8-7-11-21(22)28-26(31)23(29)15-24(30)27-16-20-9-5-4-6-10-20;21-16(18-11-12-6-2-1-3-7-12)10-15-17(22)20-14-9-5-4-8-13(14)19-15;13-10-6-7-11(14)12(10)8-9-4-2-1-3-5-9;1-6-4-7(2)9(8(3)5-6)13(10,11)12;7-5-3-1-2-4-6(5)8/h4-14,23H,15-16H2,1-3H3,(H,27,30)(H,28,31);1-9,15,19H,10-11H2,(H,18,21)(H,20,22);1-7H,8H2;4-5H,1-3H3;1-4H,7-8H2. The average molecular weight is 1290 g/mol. The summed E-state index contributed by atoms with van der Waals surface area (Å²) in [7, 11) is -2.47. The lowest BCUT2D eigenvalue weighted by Gasteiger charge is -2.37. The van der Waals surface area contributed by atoms with Crippen LogP contribution in [0.25, 0.3) is 0 Å². The first-order chi connectivity index (χ1) is 43.3. The fraction of sp³-hybridized carbons (Fsp3) is 0.188. The van der Waals surface area contributed by atoms with E-state index in [2.05, 4.69) is 26.6 Å². The van der Waals surface area contributed by atoms with E-state index in [0.29, 0.717) is 58.1 Å². The highest BCUT2D eigenvalue weighted by Crippen LogP contribution is 2.39. The van der Waals surface area contributed by atoms with Crippen molar-refractivity contribution in [3.05, 3.63) is 250 Å². The molecule has 0 aromatic heterocycles. The van der Waals surface area contributed by atoms with Gasteiger partial charge in [0.25, 0.3) is 30.9 Å². The lowest BCUT2D eigenvalue weighted by atomic mass is 10.1. The van der Waals surface area contributed by atoms with Gasteiger partial charge in [0.2, 0.25) is 23.6 Å². The molecule has 3 heterocycles. The van der Waals surface area contributed by atoms with Crippen LogP contribution in [0.3, 0.4) is 0 Å². The second kappa shape index (κ2) is 31.4. The van der Waals surface area contributed by atoms with Gasteiger partial charge in [0.1, 0.15) is 12.1 Å². The molecule has 22 heteroatoms. The lowest BCUT2D eigenvalue weighted by molar-refractivity contribution is -0.137. The Hall–Kier alpha value is -10.1. The summed E-state index contributed by atoms with van der Waals surface area (Å²) in [5, 5.41) is 14.3. The third-order valence-corrected chi connectivity index (χ3v) is 18.0. The highest BCUT2D eigenvalue weighted by molar-refractivity contribution is 8.13. The van der Waals surface area contributed by atoms with Crippen LogP contribution in [0.1, 0.15) is 62.9 Å². The number of nitrogens with one attached hydrogen (secondary N) is 5. The summed E-state index contributed by atoms with van der Waals surface area (Å²) < 4.78 is 51.5. The number of amides is 6. The minimum atomic E-state index is -4.16. The fourth-order valence-corrected chi connectivity index (χ4v) is 13.9. The van der Waals surface area contributed by atoms with Crippen molar-refractivity contribution < 1.29 is 45.6 Å². The topological polar surface area (TPSA) is 289 Å². The van der Waals surface area contributed by atoms with Gasteiger partial charge in [-0.1, -0.05) is 163 Å². The van der Waals surface area contributed by atoms with E-state index < -0.39 is 43.0 Å². The first-order valence-electron chi connectivity index (χ1n) is 28.8. The maximum atomic E-state index is 14.0. The zero-order valence-electron chi connectivity index (χ0n) is 51.1. The van der Waals surface area contributed by atoms with Crippen molar-refractivity contribution in [2.75, 3.05) is 31.7 Å². The van der Waals surface area contributed by atoms with E-state index in [4.69, 9.17) is 22.1 Å². The molecule has 8 aromatic rings. The Morgan fingerprint density at radius 2 is 0.890 bits per heavy atom. The second-order valence-corrected chi connectivity index (χ2v) is 25.8. The highest BCUT2D eigenvalue weighted by Gasteiger charge is 2.43. The number of halogens is 1. The van der Waals surface area contributed by atoms with Gasteiger partial charge in [0.05, 0.1) is 63.3 Å². The number of imide groups is 1. The summed E-state index contributed by atoms with van der Waals surface area (Å²) in [6.07, 6.45) is 2.39. The third-order valence-electron chi connectivity index (χ3n) is 14.3. The Bertz CT molecular complexity index is 4130. The van der Waals surface area contributed by atoms with E-state index in [0.717, 1.165) is 43.5 Å². The average Bonchev–Trinajstić information content (AvgIpc) is 1.08. The molecule has 0 aliphatic carbocycles. The van der Waals surface area contributed by atoms with Gasteiger partial charge in [-0.15, -0.1) is 0 Å². The Labute approximate surface area is 535 Å². The number of nitrogen functional groups attached to an aromatic ring is 2. The summed E-state index contributed by atoms with van der Waals surface area (Å²) in [4.78, 5) is 73.9. The number of hydrogen-bond acceptors (Lipinski definition) is 13. The Morgan fingerprint density at radius 1 is 0.495 bits per heavy atom. The molecule has 19 nitrogen and oxygen atoms in total. The minimum absolute atomic E-state index is 0.104. The summed E-state index contributed by atoms with van der Waals surface area (Å²) in [5.41, 5.74) is 21.9. The number of nitrogens with two attached hydrogens (primary N) is 2. The van der Waals surface area contributed by atoms with E-state index in [-0.39, 0.29) is 52.8 Å². The van der Waals surface area contributed by atoms with Crippen LogP contribution in [0.2, 0.25) is 0 Å². The predicted octanol–water partition coefficient (Wildman–Crippen LogP) is 10.5. The van der Waals surface area contributed by atoms with Gasteiger partial charge in [0.15, 0.2) is 0 Å². The van der Waals surface area contributed by atoms with Crippen LogP contribution in [0.4, 0.5) is 34.1 Å². The van der Waals surface area contributed by atoms with Crippen LogP contribution in [0.15, 0.2) is 210 Å². The molecule has 91 heavy (non-hydrogen) atoms. The molecule has 2 unspecified atom stereocenters. The Kier molecular flexibility index (Phi) is 23.6. The van der Waals surface area contributed by atoms with Gasteiger partial charge in [-0.3, -0.25) is 38.0 Å². The number of aryl methyl sites for hydroxylation is 6. The smallest absolute Gasteiger partial charge is 0.265 e. The van der Waals surface area contributed by atoms with Gasteiger partial charge < -0.3 is 38.1 Å². The molecule has 0 bridgehead atoms. The first kappa shape index (κ1) is 68.4. The number of benzene rings is 8. The van der Waals surface area contributed by atoms with E-state index in [1.165, 1.54) is 17.1 Å². The third kappa shape index (κ3) is 19.0. The molecule has 2 atom stereocenters. The van der Waals surface area contributed by atoms with Gasteiger partial charge >= 0.3 is 0 Å². The molecule has 3 aliphatic rings. The number of para-hydroxylation sites is 6. The second-order valence-electron chi connectivity index (χ2n) is 21.6. The van der Waals surface area contributed by atoms with Crippen molar-refractivity contribution in [1.29, 1.82) is 0 Å². The number of hydrogen-bond donors (Lipinski definition) is 7. The fourth-order valence-electron chi connectivity index (χ4n) is 10.3. The number of nitrogens with zero attached hydrogens (tertiary/aromatic N) is 2. The molecule has 472 valence electrons. The largest absolute Gasteiger partial charge is 0.397 e. The minimum Gasteiger partial charge on any atom is -0.397 e. The monoisotopic (exact) mass is 1290 g/mol. The molecular weight excluding hydrogens is 1210 g/mol. The van der Waals surface area contributed by atoms with Crippen LogP contribution in [-0.2, 0) is 67.5 Å². The quantitative estimate of drug-likeness (QED) is 0.0322. The molecule has 0 saturated carbocycles. The molecule has 0 spiro atoms. The predicted molar refractivity (Wildman–Crippen MR) is 358 cm³/mol. The van der Waals surface area contributed by atoms with Crippen LogP contribution in [-0.4, -0.2) is 69.3 Å². The van der Waals surface area contributed by atoms with Crippen LogP contribution >= 0.6 is 10.7 Å². The number of rotatable bonds is 13. The molecule has 0 fully saturated rings. The number of carbonyl (C=O) groups is 6. The van der Waals surface area contributed by atoms with Crippen molar-refractivity contribution >= 4 is 99.3 Å². The summed E-state index contributed by atoms with van der Waals surface area (Å²) >= 11 is 0. The van der Waals surface area contributed by atoms with Crippen molar-refractivity contribution in [1.82, 2.24) is 15.5 Å². The van der Waals surface area contributed by atoms with E-state index in [1.54, 1.807) is 76.2 Å². The maximum Gasteiger partial charge on any atom is 0.265 e. The molecule has 0 radical (unpaired) electrons. The number of anilines is 6. The molecule has 9 N–H and O–H groups in total. The molecule has 3 aliphatic heterocycles. The van der Waals surface area contributed by atoms with E-state index in [1.807, 2.05) is 153 Å². The van der Waals surface area contributed by atoms with Gasteiger partial charge in [0, 0.05) is 35.9 Å². The Morgan fingerprint density at radius 3 is 1.36 bits per heavy atom. The van der Waals surface area contributed by atoms with Crippen molar-refractivity contribution in [2.45, 2.75) is 95.9 Å². The zero-order chi connectivity index (χ0) is 66.0. The normalized spacial score (nSPS) is 14.5. The van der Waals surface area contributed by atoms with Crippen LogP contribution in [0.5, 0.6) is 0 Å².